The van der Waals surface area contributed by atoms with Crippen molar-refractivity contribution in [1.82, 2.24) is 0 Å². The molecule has 0 fully saturated rings. The van der Waals surface area contributed by atoms with Gasteiger partial charge in [-0.25, -0.2) is 0 Å². The Labute approximate surface area is 149 Å². The third kappa shape index (κ3) is 2.97. The first-order chi connectivity index (χ1) is 12.3. The van der Waals surface area contributed by atoms with Crippen molar-refractivity contribution in [3.8, 4) is 5.75 Å². The lowest BCUT2D eigenvalue weighted by Crippen LogP contribution is -2.36. The number of hydrogen-bond donors (Lipinski definition) is 0. The number of rotatable bonds is 4. The second-order valence-electron chi connectivity index (χ2n) is 6.73. The van der Waals surface area contributed by atoms with E-state index in [0.29, 0.717) is 6.42 Å². The first-order valence-electron chi connectivity index (χ1n) is 9.07. The van der Waals surface area contributed by atoms with Crippen molar-refractivity contribution in [3.63, 3.8) is 0 Å². The molecular weight excluding hydrogens is 312 g/mol. The van der Waals surface area contributed by atoms with Crippen LogP contribution in [0, 0.1) is 0 Å². The Balaban J connectivity index is 1.48. The number of carbonyl (C=O) groups excluding carboxylic acids is 1. The monoisotopic (exact) mass is 336 g/mol. The van der Waals surface area contributed by atoms with Gasteiger partial charge in [0.15, 0.2) is 0 Å². The Morgan fingerprint density at radius 3 is 2.76 bits per heavy atom. The van der Waals surface area contributed by atoms with Crippen molar-refractivity contribution in [2.75, 3.05) is 36.5 Å². The fraction of sp³-hybridized carbons (Fsp3) is 0.381. The predicted molar refractivity (Wildman–Crippen MR) is 101 cm³/mol. The van der Waals surface area contributed by atoms with E-state index in [1.165, 1.54) is 16.8 Å². The van der Waals surface area contributed by atoms with E-state index >= 15 is 0 Å². The zero-order valence-corrected chi connectivity index (χ0v) is 14.7. The van der Waals surface area contributed by atoms with E-state index in [4.69, 9.17) is 4.74 Å². The maximum atomic E-state index is 12.8. The zero-order chi connectivity index (χ0) is 17.2. The predicted octanol–water partition coefficient (Wildman–Crippen LogP) is 3.43. The van der Waals surface area contributed by atoms with Gasteiger partial charge in [0.25, 0.3) is 0 Å². The average Bonchev–Trinajstić information content (AvgIpc) is 3.09. The molecule has 1 amide bonds. The molecule has 4 rings (SSSR count). The fourth-order valence-corrected chi connectivity index (χ4v) is 4.05. The number of para-hydroxylation sites is 2. The summed E-state index contributed by atoms with van der Waals surface area (Å²) in [5.74, 6) is 1.13. The van der Waals surface area contributed by atoms with Gasteiger partial charge in [0.1, 0.15) is 5.75 Å². The fourth-order valence-electron chi connectivity index (χ4n) is 4.05. The van der Waals surface area contributed by atoms with Gasteiger partial charge in [-0.3, -0.25) is 4.79 Å². The summed E-state index contributed by atoms with van der Waals surface area (Å²) in [5.41, 5.74) is 4.86. The van der Waals surface area contributed by atoms with Crippen LogP contribution < -0.4 is 14.5 Å². The number of amides is 1. The van der Waals surface area contributed by atoms with Crippen LogP contribution in [-0.2, 0) is 17.6 Å². The third-order valence-electron chi connectivity index (χ3n) is 5.28. The number of anilines is 2. The molecule has 2 aliphatic heterocycles. The van der Waals surface area contributed by atoms with Gasteiger partial charge in [-0.15, -0.1) is 0 Å². The maximum absolute atomic E-state index is 12.8. The lowest BCUT2D eigenvalue weighted by atomic mass is 10.0. The molecule has 4 nitrogen and oxygen atoms in total. The summed E-state index contributed by atoms with van der Waals surface area (Å²) in [7, 11) is 1.72. The van der Waals surface area contributed by atoms with E-state index in [0.717, 1.165) is 50.3 Å². The van der Waals surface area contributed by atoms with Crippen LogP contribution in [0.1, 0.15) is 24.0 Å². The normalized spacial score (nSPS) is 15.7. The van der Waals surface area contributed by atoms with Gasteiger partial charge in [0.2, 0.25) is 5.91 Å². The van der Waals surface area contributed by atoms with Crippen LogP contribution in [-0.4, -0.2) is 32.7 Å². The number of carbonyl (C=O) groups is 1. The van der Waals surface area contributed by atoms with E-state index in [2.05, 4.69) is 23.1 Å². The summed E-state index contributed by atoms with van der Waals surface area (Å²) in [6.45, 7) is 2.53. The molecule has 0 spiro atoms. The number of ether oxygens (including phenoxy) is 1. The first kappa shape index (κ1) is 16.0. The number of benzene rings is 2. The number of fused-ring (bicyclic) bond motifs is 2. The molecule has 0 saturated carbocycles. The highest BCUT2D eigenvalue weighted by Crippen LogP contribution is 2.36. The molecule has 0 radical (unpaired) electrons. The topological polar surface area (TPSA) is 32.8 Å². The summed E-state index contributed by atoms with van der Waals surface area (Å²) in [5, 5.41) is 0. The average molecular weight is 336 g/mol. The molecule has 2 aromatic carbocycles. The van der Waals surface area contributed by atoms with Crippen LogP contribution in [0.5, 0.6) is 5.75 Å². The Hall–Kier alpha value is -2.49. The minimum atomic E-state index is 0.215. The number of nitrogens with zero attached hydrogens (tertiary/aromatic N) is 2. The van der Waals surface area contributed by atoms with E-state index in [9.17, 15) is 4.79 Å². The number of aryl methyl sites for hydroxylation is 1. The molecular formula is C21H24N2O2. The SMILES string of the molecule is COc1cccc2c1N(CCC(=O)N1CCc3ccccc31)CCC2. The third-order valence-corrected chi connectivity index (χ3v) is 5.28. The largest absolute Gasteiger partial charge is 0.495 e. The van der Waals surface area contributed by atoms with Gasteiger partial charge in [-0.1, -0.05) is 30.3 Å². The highest BCUT2D eigenvalue weighted by molar-refractivity contribution is 5.95. The quantitative estimate of drug-likeness (QED) is 0.857. The Bertz CT molecular complexity index is 773. The van der Waals surface area contributed by atoms with E-state index in [1.807, 2.05) is 29.2 Å². The number of hydrogen-bond acceptors (Lipinski definition) is 3. The molecule has 2 aliphatic rings. The molecule has 2 aromatic rings. The smallest absolute Gasteiger partial charge is 0.228 e. The summed E-state index contributed by atoms with van der Waals surface area (Å²) in [6, 6.07) is 14.5. The molecule has 25 heavy (non-hydrogen) atoms. The van der Waals surface area contributed by atoms with Gasteiger partial charge < -0.3 is 14.5 Å². The van der Waals surface area contributed by atoms with Crippen molar-refractivity contribution in [2.24, 2.45) is 0 Å². The zero-order valence-electron chi connectivity index (χ0n) is 14.7. The van der Waals surface area contributed by atoms with Gasteiger partial charge in [-0.2, -0.15) is 0 Å². The lowest BCUT2D eigenvalue weighted by molar-refractivity contribution is -0.118. The highest BCUT2D eigenvalue weighted by atomic mass is 16.5. The lowest BCUT2D eigenvalue weighted by Gasteiger charge is -2.33. The molecule has 0 unspecified atom stereocenters. The summed E-state index contributed by atoms with van der Waals surface area (Å²) in [6.07, 6.45) is 3.70. The Morgan fingerprint density at radius 2 is 1.88 bits per heavy atom. The van der Waals surface area contributed by atoms with Crippen LogP contribution in [0.15, 0.2) is 42.5 Å². The Morgan fingerprint density at radius 1 is 1.04 bits per heavy atom. The van der Waals surface area contributed by atoms with Crippen molar-refractivity contribution < 1.29 is 9.53 Å². The van der Waals surface area contributed by atoms with Crippen molar-refractivity contribution in [3.05, 3.63) is 53.6 Å². The summed E-state index contributed by atoms with van der Waals surface area (Å²) >= 11 is 0. The van der Waals surface area contributed by atoms with Crippen LogP contribution in [0.2, 0.25) is 0 Å². The Kier molecular flexibility index (Phi) is 4.35. The highest BCUT2D eigenvalue weighted by Gasteiger charge is 2.26. The number of methoxy groups -OCH3 is 1. The standard InChI is InChI=1S/C21H24N2O2/c1-25-19-10-4-7-17-8-5-13-22(21(17)19)14-12-20(24)23-15-11-16-6-2-3-9-18(16)23/h2-4,6-7,9-10H,5,8,11-15H2,1H3. The molecule has 0 aromatic heterocycles. The first-order valence-corrected chi connectivity index (χ1v) is 9.07. The molecule has 0 N–H and O–H groups in total. The van der Waals surface area contributed by atoms with E-state index in [-0.39, 0.29) is 5.91 Å². The van der Waals surface area contributed by atoms with Crippen LogP contribution in [0.3, 0.4) is 0 Å². The van der Waals surface area contributed by atoms with Crippen molar-refractivity contribution in [1.29, 1.82) is 0 Å². The molecule has 0 atom stereocenters. The molecule has 0 bridgehead atoms. The molecule has 0 saturated heterocycles. The van der Waals surface area contributed by atoms with E-state index < -0.39 is 0 Å². The molecule has 2 heterocycles. The van der Waals surface area contributed by atoms with Gasteiger partial charge in [0.05, 0.1) is 12.8 Å². The van der Waals surface area contributed by atoms with Gasteiger partial charge >= 0.3 is 0 Å². The second kappa shape index (κ2) is 6.79. The minimum Gasteiger partial charge on any atom is -0.495 e. The minimum absolute atomic E-state index is 0.215. The summed E-state index contributed by atoms with van der Waals surface area (Å²) in [4.78, 5) is 17.0. The second-order valence-corrected chi connectivity index (χ2v) is 6.73. The van der Waals surface area contributed by atoms with Crippen molar-refractivity contribution in [2.45, 2.75) is 25.7 Å². The van der Waals surface area contributed by atoms with Gasteiger partial charge in [-0.05, 0) is 42.5 Å². The maximum Gasteiger partial charge on any atom is 0.228 e. The van der Waals surface area contributed by atoms with Crippen molar-refractivity contribution >= 4 is 17.3 Å². The van der Waals surface area contributed by atoms with Crippen LogP contribution in [0.25, 0.3) is 0 Å². The molecule has 0 aliphatic carbocycles. The summed E-state index contributed by atoms with van der Waals surface area (Å²) < 4.78 is 5.56. The van der Waals surface area contributed by atoms with Crippen LogP contribution >= 0.6 is 0 Å². The van der Waals surface area contributed by atoms with Gasteiger partial charge in [0, 0.05) is 31.7 Å². The molecule has 4 heteroatoms. The molecule has 130 valence electrons. The van der Waals surface area contributed by atoms with Crippen LogP contribution in [0.4, 0.5) is 11.4 Å². The van der Waals surface area contributed by atoms with E-state index in [1.54, 1.807) is 7.11 Å².